The second-order valence-corrected chi connectivity index (χ2v) is 6.25. The highest BCUT2D eigenvalue weighted by atomic mass is 35.5. The number of unbranched alkanes of at least 4 members (excludes halogenated alkanes) is 1. The van der Waals surface area contributed by atoms with Crippen LogP contribution < -0.4 is 5.32 Å². The predicted molar refractivity (Wildman–Crippen MR) is 99.8 cm³/mol. The van der Waals surface area contributed by atoms with Gasteiger partial charge in [0, 0.05) is 37.0 Å². The number of hydrogen-bond acceptors (Lipinski definition) is 3. The highest BCUT2D eigenvalue weighted by Gasteiger charge is 2.12. The molecule has 0 atom stereocenters. The number of nitrogens with zero attached hydrogens (tertiary/aromatic N) is 2. The third kappa shape index (κ3) is 5.53. The van der Waals surface area contributed by atoms with Crippen LogP contribution in [0.2, 0.25) is 5.02 Å². The molecule has 1 amide bonds. The van der Waals surface area contributed by atoms with Crippen LogP contribution in [0.5, 0.6) is 0 Å². The van der Waals surface area contributed by atoms with E-state index in [0.717, 1.165) is 43.1 Å². The molecule has 0 spiro atoms. The van der Waals surface area contributed by atoms with Crippen LogP contribution in [0.3, 0.4) is 0 Å². The smallest absolute Gasteiger partial charge is 0.272 e. The molecule has 0 aliphatic rings. The van der Waals surface area contributed by atoms with Crippen molar-refractivity contribution in [3.05, 3.63) is 58.9 Å². The Bertz CT molecular complexity index is 675. The average molecular weight is 346 g/mol. The van der Waals surface area contributed by atoms with E-state index in [0.29, 0.717) is 5.69 Å². The minimum absolute atomic E-state index is 0.0399. The predicted octanol–water partition coefficient (Wildman–Crippen LogP) is 4.26. The molecule has 5 heteroatoms. The highest BCUT2D eigenvalue weighted by Crippen LogP contribution is 2.13. The van der Waals surface area contributed by atoms with E-state index in [-0.39, 0.29) is 5.91 Å². The minimum Gasteiger partial charge on any atom is -0.385 e. The van der Waals surface area contributed by atoms with E-state index in [9.17, 15) is 4.79 Å². The van der Waals surface area contributed by atoms with Gasteiger partial charge in [-0.05, 0) is 42.7 Å². The summed E-state index contributed by atoms with van der Waals surface area (Å²) in [7, 11) is 1.82. The molecule has 4 nitrogen and oxygen atoms in total. The Kier molecular flexibility index (Phi) is 7.07. The molecule has 1 aromatic carbocycles. The Labute approximate surface area is 148 Å². The fraction of sp³-hybridized carbons (Fsp3) is 0.368. The van der Waals surface area contributed by atoms with Crippen molar-refractivity contribution in [2.24, 2.45) is 0 Å². The molecule has 0 saturated heterocycles. The van der Waals surface area contributed by atoms with Gasteiger partial charge in [-0.2, -0.15) is 0 Å². The van der Waals surface area contributed by atoms with Crippen molar-refractivity contribution in [2.45, 2.75) is 26.2 Å². The van der Waals surface area contributed by atoms with Crippen LogP contribution in [0.4, 0.5) is 5.69 Å². The normalized spacial score (nSPS) is 10.5. The lowest BCUT2D eigenvalue weighted by Gasteiger charge is -2.16. The third-order valence-corrected chi connectivity index (χ3v) is 4.04. The van der Waals surface area contributed by atoms with Crippen molar-refractivity contribution in [3.8, 4) is 0 Å². The van der Waals surface area contributed by atoms with Crippen LogP contribution >= 0.6 is 11.6 Å². The molecule has 1 aromatic heterocycles. The third-order valence-electron chi connectivity index (χ3n) is 3.80. The van der Waals surface area contributed by atoms with Crippen molar-refractivity contribution < 1.29 is 4.79 Å². The van der Waals surface area contributed by atoms with Crippen LogP contribution in [0.25, 0.3) is 0 Å². The number of anilines is 1. The monoisotopic (exact) mass is 345 g/mol. The van der Waals surface area contributed by atoms with Crippen LogP contribution in [-0.2, 0) is 6.42 Å². The van der Waals surface area contributed by atoms with Crippen LogP contribution in [0.1, 0.15) is 35.8 Å². The molecule has 0 aliphatic heterocycles. The zero-order valence-electron chi connectivity index (χ0n) is 14.3. The van der Waals surface area contributed by atoms with E-state index in [1.54, 1.807) is 11.1 Å². The largest absolute Gasteiger partial charge is 0.385 e. The van der Waals surface area contributed by atoms with Gasteiger partial charge in [-0.25, -0.2) is 0 Å². The Morgan fingerprint density at radius 3 is 2.88 bits per heavy atom. The number of carbonyl (C=O) groups excluding carboxylic acids is 1. The van der Waals surface area contributed by atoms with Crippen LogP contribution in [-0.4, -0.2) is 35.9 Å². The van der Waals surface area contributed by atoms with Gasteiger partial charge in [0.15, 0.2) is 0 Å². The van der Waals surface area contributed by atoms with Gasteiger partial charge in [0.1, 0.15) is 5.69 Å². The number of pyridine rings is 1. The Morgan fingerprint density at radius 1 is 1.29 bits per heavy atom. The Balaban J connectivity index is 1.91. The number of nitrogens with one attached hydrogen (secondary N) is 1. The molecule has 0 saturated carbocycles. The number of aromatic nitrogens is 1. The summed E-state index contributed by atoms with van der Waals surface area (Å²) < 4.78 is 0. The van der Waals surface area contributed by atoms with Gasteiger partial charge >= 0.3 is 0 Å². The second kappa shape index (κ2) is 9.28. The van der Waals surface area contributed by atoms with Gasteiger partial charge in [0.25, 0.3) is 5.91 Å². The lowest BCUT2D eigenvalue weighted by atomic mass is 10.1. The van der Waals surface area contributed by atoms with Gasteiger partial charge < -0.3 is 10.2 Å². The van der Waals surface area contributed by atoms with Crippen molar-refractivity contribution in [1.82, 2.24) is 9.88 Å². The van der Waals surface area contributed by atoms with Gasteiger partial charge in [-0.3, -0.25) is 9.78 Å². The van der Waals surface area contributed by atoms with E-state index < -0.39 is 0 Å². The molecule has 0 bridgehead atoms. The number of benzene rings is 1. The van der Waals surface area contributed by atoms with Gasteiger partial charge in [0.05, 0.1) is 0 Å². The van der Waals surface area contributed by atoms with E-state index in [2.05, 4.69) is 23.3 Å². The summed E-state index contributed by atoms with van der Waals surface area (Å²) in [5.41, 5.74) is 2.56. The summed E-state index contributed by atoms with van der Waals surface area (Å²) in [5, 5.41) is 4.09. The molecule has 0 aliphatic carbocycles. The molecule has 0 fully saturated rings. The first-order chi connectivity index (χ1) is 11.6. The first-order valence-electron chi connectivity index (χ1n) is 8.30. The van der Waals surface area contributed by atoms with E-state index in [1.807, 2.05) is 37.4 Å². The Morgan fingerprint density at radius 2 is 2.12 bits per heavy atom. The maximum Gasteiger partial charge on any atom is 0.272 e. The summed E-state index contributed by atoms with van der Waals surface area (Å²) in [4.78, 5) is 18.3. The number of hydrogen-bond donors (Lipinski definition) is 1. The fourth-order valence-electron chi connectivity index (χ4n) is 2.39. The van der Waals surface area contributed by atoms with E-state index in [4.69, 9.17) is 11.6 Å². The minimum atomic E-state index is -0.0399. The molecule has 0 radical (unpaired) electrons. The highest BCUT2D eigenvalue weighted by molar-refractivity contribution is 6.30. The van der Waals surface area contributed by atoms with Crippen molar-refractivity contribution >= 4 is 23.2 Å². The second-order valence-electron chi connectivity index (χ2n) is 5.82. The number of halogens is 1. The van der Waals surface area contributed by atoms with Gasteiger partial charge in [-0.1, -0.05) is 37.1 Å². The fourth-order valence-corrected chi connectivity index (χ4v) is 2.61. The van der Waals surface area contributed by atoms with E-state index >= 15 is 0 Å². The number of carbonyl (C=O) groups is 1. The quantitative estimate of drug-likeness (QED) is 0.777. The number of rotatable bonds is 8. The molecule has 2 aromatic rings. The topological polar surface area (TPSA) is 45.2 Å². The lowest BCUT2D eigenvalue weighted by Crippen LogP contribution is -2.28. The van der Waals surface area contributed by atoms with Crippen LogP contribution in [0.15, 0.2) is 42.6 Å². The van der Waals surface area contributed by atoms with Gasteiger partial charge in [0.2, 0.25) is 0 Å². The summed E-state index contributed by atoms with van der Waals surface area (Å²) >= 11 is 5.99. The molecule has 128 valence electrons. The first kappa shape index (κ1) is 18.3. The lowest BCUT2D eigenvalue weighted by molar-refractivity contribution is 0.0787. The maximum absolute atomic E-state index is 12.4. The number of amides is 1. The Hall–Kier alpha value is -2.07. The molecule has 24 heavy (non-hydrogen) atoms. The molecule has 1 heterocycles. The summed E-state index contributed by atoms with van der Waals surface area (Å²) in [6.45, 7) is 3.63. The van der Waals surface area contributed by atoms with Crippen molar-refractivity contribution in [1.29, 1.82) is 0 Å². The maximum atomic E-state index is 12.4. The summed E-state index contributed by atoms with van der Waals surface area (Å²) in [6.07, 6.45) is 4.60. The zero-order chi connectivity index (χ0) is 17.4. The SMILES string of the molecule is CCCCN(C)C(=O)c1cc(NCCc2cccc(Cl)c2)ccn1. The van der Waals surface area contributed by atoms with Crippen molar-refractivity contribution in [2.75, 3.05) is 25.5 Å². The summed E-state index contributed by atoms with van der Waals surface area (Å²) in [6, 6.07) is 11.5. The first-order valence-corrected chi connectivity index (χ1v) is 8.67. The molecule has 2 rings (SSSR count). The molecular weight excluding hydrogens is 322 g/mol. The molecule has 0 unspecified atom stereocenters. The zero-order valence-corrected chi connectivity index (χ0v) is 15.0. The van der Waals surface area contributed by atoms with Crippen LogP contribution in [0, 0.1) is 0 Å². The van der Waals surface area contributed by atoms with Gasteiger partial charge in [-0.15, -0.1) is 0 Å². The standard InChI is InChI=1S/C19H24ClN3O/c1-3-4-12-23(2)19(24)18-14-17(9-11-22-18)21-10-8-15-6-5-7-16(20)13-15/h5-7,9,11,13-14H,3-4,8,10,12H2,1-2H3,(H,21,22). The van der Waals surface area contributed by atoms with E-state index in [1.165, 1.54) is 5.56 Å². The average Bonchev–Trinajstić information content (AvgIpc) is 2.59. The molecular formula is C19H24ClN3O. The molecule has 1 N–H and O–H groups in total. The van der Waals surface area contributed by atoms with Crippen molar-refractivity contribution in [3.63, 3.8) is 0 Å². The summed E-state index contributed by atoms with van der Waals surface area (Å²) in [5.74, 6) is -0.0399.